The summed E-state index contributed by atoms with van der Waals surface area (Å²) >= 11 is 13.7. The highest BCUT2D eigenvalue weighted by Gasteiger charge is 2.45. The summed E-state index contributed by atoms with van der Waals surface area (Å²) in [7, 11) is 4.18. The fourth-order valence-electron chi connectivity index (χ4n) is 4.69. The first kappa shape index (κ1) is 31.2. The molecule has 0 saturated heterocycles. The fraction of sp³-hybridized carbons (Fsp3) is 0.310. The number of carbonyl (C=O) groups is 1. The van der Waals surface area contributed by atoms with Gasteiger partial charge in [0.25, 0.3) is 11.5 Å². The molecule has 4 N–H and O–H groups in total. The maximum atomic E-state index is 13.7. The minimum atomic E-state index is -1.49. The summed E-state index contributed by atoms with van der Waals surface area (Å²) in [6, 6.07) is 10.6. The Bertz CT molecular complexity index is 1670. The Hall–Kier alpha value is -3.74. The number of rotatable bonds is 10. The lowest BCUT2D eigenvalue weighted by Crippen LogP contribution is -2.54. The van der Waals surface area contributed by atoms with E-state index in [1.54, 1.807) is 42.5 Å². The number of aryl methyl sites for hydroxylation is 1. The van der Waals surface area contributed by atoms with Crippen LogP contribution in [0.3, 0.4) is 0 Å². The van der Waals surface area contributed by atoms with Gasteiger partial charge in [-0.05, 0) is 23.3 Å². The van der Waals surface area contributed by atoms with Crippen molar-refractivity contribution in [2.24, 2.45) is 14.1 Å². The molecule has 2 aromatic heterocycles. The number of hydrogen-bond donors (Lipinski definition) is 4. The lowest BCUT2D eigenvalue weighted by molar-refractivity contribution is 0.0912. The number of hydrogen-bond acceptors (Lipinski definition) is 8. The molecule has 1 aromatic carbocycles. The van der Waals surface area contributed by atoms with Crippen LogP contribution in [0.5, 0.6) is 5.88 Å². The van der Waals surface area contributed by atoms with Crippen LogP contribution in [0.2, 0.25) is 5.02 Å². The predicted molar refractivity (Wildman–Crippen MR) is 160 cm³/mol. The fourth-order valence-corrected chi connectivity index (χ4v) is 5.37. The number of alkyl halides is 1. The molecule has 1 amide bonds. The highest BCUT2D eigenvalue weighted by molar-refractivity contribution is 6.34. The molecule has 1 aliphatic carbocycles. The molecular weight excluding hydrogens is 585 g/mol. The number of nitrogens with one attached hydrogen (secondary N) is 2. The van der Waals surface area contributed by atoms with Crippen LogP contribution in [-0.4, -0.2) is 62.0 Å². The number of carbonyl (C=O) groups excluding carboxylic acids is 1. The molecule has 3 atom stereocenters. The Balaban J connectivity index is 1.82. The minimum Gasteiger partial charge on any atom is -0.481 e. The monoisotopic (exact) mass is 615 g/mol. The van der Waals surface area contributed by atoms with E-state index in [-0.39, 0.29) is 31.1 Å². The van der Waals surface area contributed by atoms with E-state index >= 15 is 0 Å². The van der Waals surface area contributed by atoms with E-state index in [2.05, 4.69) is 10.6 Å². The molecule has 2 heterocycles. The molecule has 0 spiro atoms. The molecule has 222 valence electrons. The number of pyridine rings is 1. The Kier molecular flexibility index (Phi) is 9.70. The van der Waals surface area contributed by atoms with Crippen molar-refractivity contribution in [3.05, 3.63) is 109 Å². The van der Waals surface area contributed by atoms with Crippen LogP contribution in [0.4, 0.5) is 0 Å². The smallest absolute Gasteiger partial charge is 0.330 e. The highest BCUT2D eigenvalue weighted by atomic mass is 35.5. The van der Waals surface area contributed by atoms with Gasteiger partial charge in [0.05, 0.1) is 30.9 Å². The molecule has 0 bridgehead atoms. The molecule has 3 aromatic rings. The average Bonchev–Trinajstić information content (AvgIpc) is 2.99. The largest absolute Gasteiger partial charge is 0.481 e. The first-order valence-corrected chi connectivity index (χ1v) is 13.8. The van der Waals surface area contributed by atoms with Crippen LogP contribution < -0.4 is 26.6 Å². The summed E-state index contributed by atoms with van der Waals surface area (Å²) < 4.78 is 7.55. The lowest BCUT2D eigenvalue weighted by atomic mass is 9.80. The van der Waals surface area contributed by atoms with Gasteiger partial charge in [-0.3, -0.25) is 14.2 Å². The molecule has 11 nitrogen and oxygen atoms in total. The van der Waals surface area contributed by atoms with Crippen molar-refractivity contribution in [3.8, 4) is 5.88 Å². The Morgan fingerprint density at radius 3 is 2.64 bits per heavy atom. The Morgan fingerprint density at radius 1 is 1.21 bits per heavy atom. The van der Waals surface area contributed by atoms with Crippen LogP contribution in [0.15, 0.2) is 70.4 Å². The maximum Gasteiger partial charge on any atom is 0.330 e. The SMILES string of the molecule is COc1nc(C2(NC(=O)c3cn(C)c(=O)n(C)c3=O)C=CC=C(c3ccccc3Cl)[C@H]2Cl)ccc1CNCC(O)CO. The van der Waals surface area contributed by atoms with Gasteiger partial charge in [0.15, 0.2) is 0 Å². The van der Waals surface area contributed by atoms with Gasteiger partial charge in [-0.2, -0.15) is 0 Å². The average molecular weight is 617 g/mol. The molecular formula is C29H31Cl2N5O6. The quantitative estimate of drug-likeness (QED) is 0.251. The van der Waals surface area contributed by atoms with Crippen molar-refractivity contribution in [1.29, 1.82) is 0 Å². The Labute approximate surface area is 251 Å². The number of nitrogens with zero attached hydrogens (tertiary/aromatic N) is 3. The number of allylic oxidation sites excluding steroid dienone is 2. The molecule has 2 unspecified atom stereocenters. The summed E-state index contributed by atoms with van der Waals surface area (Å²) in [4.78, 5) is 43.6. The van der Waals surface area contributed by atoms with E-state index in [9.17, 15) is 19.5 Å². The standard InChI is InChI=1S/C29H31Cl2N5O6/c1-35-15-21(27(40)36(2)28(35)41)25(39)34-29(12-6-8-20(24(29)31)19-7-4-5-9-22(19)30)23-11-10-17(26(33-23)42-3)13-32-14-18(38)16-37/h4-12,15,18,24,32,37-38H,13-14,16H2,1-3H3,(H,34,39)/t18?,24-,29?/m1/s1. The topological polar surface area (TPSA) is 148 Å². The third kappa shape index (κ3) is 6.06. The normalized spacial score (nSPS) is 18.8. The number of aliphatic hydroxyl groups is 2. The van der Waals surface area contributed by atoms with Crippen molar-refractivity contribution >= 4 is 34.7 Å². The second-order valence-electron chi connectivity index (χ2n) is 9.78. The molecule has 42 heavy (non-hydrogen) atoms. The van der Waals surface area contributed by atoms with E-state index < -0.39 is 34.2 Å². The van der Waals surface area contributed by atoms with E-state index in [1.807, 2.05) is 12.1 Å². The third-order valence-electron chi connectivity index (χ3n) is 6.97. The zero-order chi connectivity index (χ0) is 30.6. The van der Waals surface area contributed by atoms with Gasteiger partial charge < -0.3 is 30.2 Å². The van der Waals surface area contributed by atoms with Crippen LogP contribution in [0.25, 0.3) is 5.57 Å². The maximum absolute atomic E-state index is 13.7. The number of halogens is 2. The van der Waals surface area contributed by atoms with Crippen molar-refractivity contribution < 1.29 is 19.7 Å². The lowest BCUT2D eigenvalue weighted by Gasteiger charge is -2.39. The van der Waals surface area contributed by atoms with E-state index in [0.717, 1.165) is 9.13 Å². The van der Waals surface area contributed by atoms with E-state index in [1.165, 1.54) is 27.4 Å². The van der Waals surface area contributed by atoms with Gasteiger partial charge in [0, 0.05) is 44.0 Å². The molecule has 4 rings (SSSR count). The number of methoxy groups -OCH3 is 1. The van der Waals surface area contributed by atoms with E-state index in [4.69, 9.17) is 38.0 Å². The van der Waals surface area contributed by atoms with Gasteiger partial charge in [-0.1, -0.05) is 54.1 Å². The Morgan fingerprint density at radius 2 is 1.95 bits per heavy atom. The summed E-state index contributed by atoms with van der Waals surface area (Å²) in [5, 5.41) is 24.2. The van der Waals surface area contributed by atoms with Gasteiger partial charge >= 0.3 is 5.69 Å². The second kappa shape index (κ2) is 13.1. The van der Waals surface area contributed by atoms with Crippen LogP contribution >= 0.6 is 23.2 Å². The van der Waals surface area contributed by atoms with Crippen molar-refractivity contribution in [1.82, 2.24) is 24.8 Å². The predicted octanol–water partition coefficient (Wildman–Crippen LogP) is 1.47. The van der Waals surface area contributed by atoms with E-state index in [0.29, 0.717) is 27.4 Å². The van der Waals surface area contributed by atoms with Crippen LogP contribution in [0.1, 0.15) is 27.2 Å². The zero-order valence-electron chi connectivity index (χ0n) is 23.2. The summed E-state index contributed by atoms with van der Waals surface area (Å²) in [6.07, 6.45) is 5.43. The van der Waals surface area contributed by atoms with Gasteiger partial charge in [-0.25, -0.2) is 9.78 Å². The summed E-state index contributed by atoms with van der Waals surface area (Å²) in [6.45, 7) is 0.0350. The number of amides is 1. The molecule has 0 radical (unpaired) electrons. The highest BCUT2D eigenvalue weighted by Crippen LogP contribution is 2.43. The van der Waals surface area contributed by atoms with Crippen LogP contribution in [0, 0.1) is 0 Å². The molecule has 1 aliphatic rings. The summed E-state index contributed by atoms with van der Waals surface area (Å²) in [5.41, 5.74) is -0.900. The first-order valence-electron chi connectivity index (χ1n) is 13.0. The summed E-state index contributed by atoms with van der Waals surface area (Å²) in [5.74, 6) is -0.539. The van der Waals surface area contributed by atoms with Gasteiger partial charge in [0.1, 0.15) is 11.1 Å². The van der Waals surface area contributed by atoms with Crippen molar-refractivity contribution in [2.45, 2.75) is 23.6 Å². The molecule has 0 fully saturated rings. The van der Waals surface area contributed by atoms with Crippen LogP contribution in [-0.2, 0) is 26.2 Å². The first-order chi connectivity index (χ1) is 20.0. The van der Waals surface area contributed by atoms with Crippen molar-refractivity contribution in [3.63, 3.8) is 0 Å². The molecule has 0 aliphatic heterocycles. The number of aliphatic hydroxyl groups excluding tert-OH is 2. The third-order valence-corrected chi connectivity index (χ3v) is 7.88. The zero-order valence-corrected chi connectivity index (χ0v) is 24.7. The number of benzene rings is 1. The second-order valence-corrected chi connectivity index (χ2v) is 10.6. The molecule has 0 saturated carbocycles. The number of aromatic nitrogens is 3. The molecule has 13 heteroatoms. The van der Waals surface area contributed by atoms with Gasteiger partial charge in [0.2, 0.25) is 5.88 Å². The van der Waals surface area contributed by atoms with Crippen molar-refractivity contribution in [2.75, 3.05) is 20.3 Å². The van der Waals surface area contributed by atoms with Gasteiger partial charge in [-0.15, -0.1) is 11.6 Å². The number of ether oxygens (including phenoxy) is 1. The minimum absolute atomic E-state index is 0.147.